The zero-order chi connectivity index (χ0) is 24.3. The maximum Gasteiger partial charge on any atom is 0.292 e. The molecule has 0 aliphatic rings. The van der Waals surface area contributed by atoms with Gasteiger partial charge in [0, 0.05) is 18.4 Å². The first-order chi connectivity index (χ1) is 16.2. The molecule has 1 aromatic carbocycles. The van der Waals surface area contributed by atoms with Gasteiger partial charge in [0.05, 0.1) is 17.7 Å². The zero-order valence-corrected chi connectivity index (χ0v) is 19.9. The van der Waals surface area contributed by atoms with E-state index in [2.05, 4.69) is 20.5 Å². The first-order valence-electron chi connectivity index (χ1n) is 10.7. The number of fused-ring (bicyclic) bond motifs is 1. The Labute approximate surface area is 196 Å². The van der Waals surface area contributed by atoms with Gasteiger partial charge in [0.25, 0.3) is 5.91 Å². The van der Waals surface area contributed by atoms with Gasteiger partial charge in [-0.05, 0) is 44.5 Å². The summed E-state index contributed by atoms with van der Waals surface area (Å²) in [4.78, 5) is 17.3. The number of furan rings is 1. The van der Waals surface area contributed by atoms with Gasteiger partial charge in [-0.3, -0.25) is 4.79 Å². The summed E-state index contributed by atoms with van der Waals surface area (Å²) in [5, 5.41) is 11.5. The Kier molecular flexibility index (Phi) is 6.64. The fourth-order valence-corrected chi connectivity index (χ4v) is 4.03. The molecular formula is C23H25N5O5S. The van der Waals surface area contributed by atoms with E-state index in [1.54, 1.807) is 48.8 Å². The van der Waals surface area contributed by atoms with Crippen LogP contribution in [0.25, 0.3) is 22.5 Å². The van der Waals surface area contributed by atoms with Crippen LogP contribution in [-0.4, -0.2) is 52.7 Å². The van der Waals surface area contributed by atoms with Gasteiger partial charge in [-0.2, -0.15) is 0 Å². The van der Waals surface area contributed by atoms with Gasteiger partial charge in [0.15, 0.2) is 11.6 Å². The number of hydrogen-bond acceptors (Lipinski definition) is 8. The van der Waals surface area contributed by atoms with Crippen molar-refractivity contribution >= 4 is 32.5 Å². The lowest BCUT2D eigenvalue weighted by Gasteiger charge is -2.10. The highest BCUT2D eigenvalue weighted by Crippen LogP contribution is 2.29. The Morgan fingerprint density at radius 1 is 1.21 bits per heavy atom. The van der Waals surface area contributed by atoms with Gasteiger partial charge in [0.1, 0.15) is 39.0 Å². The Morgan fingerprint density at radius 2 is 2.00 bits per heavy atom. The highest BCUT2D eigenvalue weighted by atomic mass is 32.2. The minimum atomic E-state index is -3.05. The molecule has 0 spiro atoms. The molecule has 34 heavy (non-hydrogen) atoms. The number of sulfone groups is 1. The van der Waals surface area contributed by atoms with Crippen molar-refractivity contribution in [3.8, 4) is 17.3 Å². The van der Waals surface area contributed by atoms with Crippen LogP contribution >= 0.6 is 0 Å². The monoisotopic (exact) mass is 483 g/mol. The normalized spacial score (nSPS) is 11.8. The van der Waals surface area contributed by atoms with Crippen LogP contribution in [0.3, 0.4) is 0 Å². The number of rotatable bonds is 9. The van der Waals surface area contributed by atoms with Crippen molar-refractivity contribution in [3.05, 3.63) is 54.6 Å². The molecule has 0 unspecified atom stereocenters. The summed E-state index contributed by atoms with van der Waals surface area (Å²) in [7, 11) is -3.05. The quantitative estimate of drug-likeness (QED) is 0.357. The van der Waals surface area contributed by atoms with Crippen molar-refractivity contribution in [2.75, 3.05) is 23.9 Å². The maximum absolute atomic E-state index is 12.9. The molecule has 0 saturated heterocycles. The van der Waals surface area contributed by atoms with Gasteiger partial charge in [-0.25, -0.2) is 13.4 Å². The second kappa shape index (κ2) is 9.64. The van der Waals surface area contributed by atoms with E-state index in [9.17, 15) is 13.2 Å². The highest BCUT2D eigenvalue weighted by Gasteiger charge is 2.17. The second-order valence-corrected chi connectivity index (χ2v) is 10.4. The summed E-state index contributed by atoms with van der Waals surface area (Å²) in [5.41, 5.74) is 1.07. The molecule has 0 atom stereocenters. The van der Waals surface area contributed by atoms with Crippen molar-refractivity contribution in [1.82, 2.24) is 19.7 Å². The number of carbonyl (C=O) groups excluding carboxylic acids is 1. The molecular weight excluding hydrogens is 458 g/mol. The average Bonchev–Trinajstić information content (AvgIpc) is 3.44. The predicted octanol–water partition coefficient (Wildman–Crippen LogP) is 3.73. The number of hydrogen-bond donors (Lipinski definition) is 1. The number of pyridine rings is 1. The fraction of sp³-hybridized carbons (Fsp3) is 0.304. The van der Waals surface area contributed by atoms with Gasteiger partial charge < -0.3 is 19.0 Å². The van der Waals surface area contributed by atoms with E-state index in [1.807, 2.05) is 18.4 Å². The van der Waals surface area contributed by atoms with Crippen LogP contribution in [0.1, 0.15) is 36.9 Å². The summed E-state index contributed by atoms with van der Waals surface area (Å²) in [6.45, 7) is 4.27. The molecule has 0 fully saturated rings. The number of amides is 1. The summed E-state index contributed by atoms with van der Waals surface area (Å²) in [6.07, 6.45) is 3.20. The number of nitrogens with one attached hydrogen (secondary N) is 1. The SMILES string of the molecule is CC(C)n1cnnc1-c1cccc(NC(=O)c2cc3c(OCCCS(C)(=O)=O)cccc3o2)n1. The van der Waals surface area contributed by atoms with Crippen LogP contribution in [-0.2, 0) is 9.84 Å². The zero-order valence-electron chi connectivity index (χ0n) is 19.1. The Hall–Kier alpha value is -3.73. The smallest absolute Gasteiger partial charge is 0.292 e. The Morgan fingerprint density at radius 3 is 2.76 bits per heavy atom. The number of anilines is 1. The second-order valence-electron chi connectivity index (χ2n) is 8.13. The van der Waals surface area contributed by atoms with E-state index in [1.165, 1.54) is 6.26 Å². The summed E-state index contributed by atoms with van der Waals surface area (Å²) in [5.74, 6) is 1.14. The number of nitrogens with zero attached hydrogens (tertiary/aromatic N) is 4. The Bertz CT molecular complexity index is 1420. The molecule has 0 aliphatic heterocycles. The molecule has 4 aromatic rings. The maximum atomic E-state index is 12.9. The van der Waals surface area contributed by atoms with Gasteiger partial charge in [-0.15, -0.1) is 10.2 Å². The summed E-state index contributed by atoms with van der Waals surface area (Å²) < 4.78 is 35.9. The van der Waals surface area contributed by atoms with Gasteiger partial charge in [-0.1, -0.05) is 12.1 Å². The fourth-order valence-electron chi connectivity index (χ4n) is 3.39. The van der Waals surface area contributed by atoms with Crippen LogP contribution < -0.4 is 10.1 Å². The molecule has 3 heterocycles. The molecule has 11 heteroatoms. The van der Waals surface area contributed by atoms with E-state index in [-0.39, 0.29) is 24.2 Å². The standard InChI is InChI=1S/C23H25N5O5S/c1-15(2)28-14-24-27-22(28)17-7-4-10-21(25-17)26-23(29)20-13-16-18(8-5-9-19(16)33-20)32-11-6-12-34(3,30)31/h4-5,7-10,13-15H,6,11-12H2,1-3H3,(H,25,26,29). The molecule has 10 nitrogen and oxygen atoms in total. The average molecular weight is 484 g/mol. The van der Waals surface area contributed by atoms with E-state index >= 15 is 0 Å². The molecule has 0 saturated carbocycles. The first kappa shape index (κ1) is 23.4. The minimum absolute atomic E-state index is 0.0432. The van der Waals surface area contributed by atoms with Crippen LogP contribution in [0.15, 0.2) is 53.2 Å². The van der Waals surface area contributed by atoms with Crippen molar-refractivity contribution in [3.63, 3.8) is 0 Å². The van der Waals surface area contributed by atoms with E-state index in [4.69, 9.17) is 9.15 Å². The van der Waals surface area contributed by atoms with Crippen molar-refractivity contribution in [2.45, 2.75) is 26.3 Å². The lowest BCUT2D eigenvalue weighted by Crippen LogP contribution is -2.12. The molecule has 0 aliphatic carbocycles. The van der Waals surface area contributed by atoms with Crippen LogP contribution in [0.5, 0.6) is 5.75 Å². The van der Waals surface area contributed by atoms with E-state index in [0.29, 0.717) is 40.5 Å². The number of benzene rings is 1. The van der Waals surface area contributed by atoms with Gasteiger partial charge in [0.2, 0.25) is 0 Å². The molecule has 0 bridgehead atoms. The number of ether oxygens (including phenoxy) is 1. The largest absolute Gasteiger partial charge is 0.493 e. The molecule has 1 amide bonds. The summed E-state index contributed by atoms with van der Waals surface area (Å²) >= 11 is 0. The van der Waals surface area contributed by atoms with Gasteiger partial charge >= 0.3 is 0 Å². The van der Waals surface area contributed by atoms with Crippen molar-refractivity contribution < 1.29 is 22.4 Å². The topological polar surface area (TPSA) is 129 Å². The first-order valence-corrected chi connectivity index (χ1v) is 12.8. The molecule has 3 aromatic heterocycles. The van der Waals surface area contributed by atoms with Crippen LogP contribution in [0.4, 0.5) is 5.82 Å². The third kappa shape index (κ3) is 5.42. The molecule has 4 rings (SSSR count). The third-order valence-electron chi connectivity index (χ3n) is 5.01. The molecule has 1 N–H and O–H groups in total. The van der Waals surface area contributed by atoms with Crippen molar-refractivity contribution in [2.24, 2.45) is 0 Å². The van der Waals surface area contributed by atoms with E-state index in [0.717, 1.165) is 0 Å². The lowest BCUT2D eigenvalue weighted by molar-refractivity contribution is 0.0998. The molecule has 178 valence electrons. The number of aromatic nitrogens is 4. The summed E-state index contributed by atoms with van der Waals surface area (Å²) in [6, 6.07) is 12.2. The molecule has 0 radical (unpaired) electrons. The van der Waals surface area contributed by atoms with Crippen LogP contribution in [0.2, 0.25) is 0 Å². The third-order valence-corrected chi connectivity index (χ3v) is 6.04. The lowest BCUT2D eigenvalue weighted by atomic mass is 10.2. The predicted molar refractivity (Wildman–Crippen MR) is 128 cm³/mol. The van der Waals surface area contributed by atoms with E-state index < -0.39 is 15.7 Å². The number of carbonyl (C=O) groups is 1. The Balaban J connectivity index is 1.50. The van der Waals surface area contributed by atoms with Crippen LogP contribution in [0, 0.1) is 0 Å². The van der Waals surface area contributed by atoms with Crippen molar-refractivity contribution in [1.29, 1.82) is 0 Å². The highest BCUT2D eigenvalue weighted by molar-refractivity contribution is 7.90. The minimum Gasteiger partial charge on any atom is -0.493 e.